The number of ether oxygens (including phenoxy) is 1. The van der Waals surface area contributed by atoms with Gasteiger partial charge in [-0.2, -0.15) is 0 Å². The Bertz CT molecular complexity index is 397. The summed E-state index contributed by atoms with van der Waals surface area (Å²) in [5, 5.41) is 0. The lowest BCUT2D eigenvalue weighted by Gasteiger charge is -2.09. The second-order valence-electron chi connectivity index (χ2n) is 4.32. The summed E-state index contributed by atoms with van der Waals surface area (Å²) < 4.78 is 5.47. The molecule has 17 heavy (non-hydrogen) atoms. The van der Waals surface area contributed by atoms with Gasteiger partial charge < -0.3 is 16.2 Å². The molecule has 3 nitrogen and oxygen atoms in total. The zero-order valence-electron chi connectivity index (χ0n) is 10.9. The van der Waals surface area contributed by atoms with Gasteiger partial charge in [-0.05, 0) is 50.5 Å². The number of benzene rings is 1. The SMILES string of the molecule is CCOc1cc(N)cc(C(C)=CCC(C)N)c1. The van der Waals surface area contributed by atoms with Crippen LogP contribution < -0.4 is 16.2 Å². The van der Waals surface area contributed by atoms with E-state index >= 15 is 0 Å². The van der Waals surface area contributed by atoms with Gasteiger partial charge in [0.1, 0.15) is 5.75 Å². The number of hydrogen-bond acceptors (Lipinski definition) is 3. The minimum Gasteiger partial charge on any atom is -0.494 e. The van der Waals surface area contributed by atoms with E-state index in [4.69, 9.17) is 16.2 Å². The highest BCUT2D eigenvalue weighted by Gasteiger charge is 2.02. The van der Waals surface area contributed by atoms with Gasteiger partial charge in [0.05, 0.1) is 6.61 Å². The van der Waals surface area contributed by atoms with Crippen molar-refractivity contribution >= 4 is 11.3 Å². The predicted molar refractivity (Wildman–Crippen MR) is 73.9 cm³/mol. The lowest BCUT2D eigenvalue weighted by Crippen LogP contribution is -2.12. The van der Waals surface area contributed by atoms with Crippen molar-refractivity contribution in [2.24, 2.45) is 5.73 Å². The van der Waals surface area contributed by atoms with Crippen molar-refractivity contribution in [3.63, 3.8) is 0 Å². The predicted octanol–water partition coefficient (Wildman–Crippen LogP) is 2.81. The normalized spacial score (nSPS) is 13.5. The summed E-state index contributed by atoms with van der Waals surface area (Å²) >= 11 is 0. The highest BCUT2D eigenvalue weighted by atomic mass is 16.5. The maximum atomic E-state index is 5.85. The third kappa shape index (κ3) is 4.49. The molecule has 1 unspecified atom stereocenters. The number of hydrogen-bond donors (Lipinski definition) is 2. The molecule has 0 aromatic heterocycles. The summed E-state index contributed by atoms with van der Waals surface area (Å²) in [5.41, 5.74) is 14.6. The molecule has 0 heterocycles. The Morgan fingerprint density at radius 2 is 2.12 bits per heavy atom. The summed E-state index contributed by atoms with van der Waals surface area (Å²) in [6.07, 6.45) is 3.00. The summed E-state index contributed by atoms with van der Waals surface area (Å²) in [5.74, 6) is 0.816. The maximum absolute atomic E-state index is 5.85. The second-order valence-corrected chi connectivity index (χ2v) is 4.32. The Kier molecular flexibility index (Phi) is 5.04. The summed E-state index contributed by atoms with van der Waals surface area (Å²) in [7, 11) is 0. The van der Waals surface area contributed by atoms with Crippen LogP contribution >= 0.6 is 0 Å². The van der Waals surface area contributed by atoms with E-state index in [-0.39, 0.29) is 6.04 Å². The third-order valence-electron chi connectivity index (χ3n) is 2.49. The summed E-state index contributed by atoms with van der Waals surface area (Å²) in [4.78, 5) is 0. The van der Waals surface area contributed by atoms with Crippen LogP contribution in [0.4, 0.5) is 5.69 Å². The summed E-state index contributed by atoms with van der Waals surface area (Å²) in [6.45, 7) is 6.66. The van der Waals surface area contributed by atoms with Crippen LogP contribution in [0, 0.1) is 0 Å². The summed E-state index contributed by atoms with van der Waals surface area (Å²) in [6, 6.07) is 5.98. The average molecular weight is 234 g/mol. The largest absolute Gasteiger partial charge is 0.494 e. The van der Waals surface area contributed by atoms with Crippen LogP contribution in [-0.2, 0) is 0 Å². The molecule has 1 atom stereocenters. The van der Waals surface area contributed by atoms with E-state index in [9.17, 15) is 0 Å². The van der Waals surface area contributed by atoms with Gasteiger partial charge in [-0.15, -0.1) is 0 Å². The van der Waals surface area contributed by atoms with Gasteiger partial charge in [0, 0.05) is 17.8 Å². The molecule has 4 N–H and O–H groups in total. The van der Waals surface area contributed by atoms with Gasteiger partial charge in [0.15, 0.2) is 0 Å². The van der Waals surface area contributed by atoms with Crippen LogP contribution in [0.15, 0.2) is 24.3 Å². The average Bonchev–Trinajstić information content (AvgIpc) is 2.25. The molecule has 0 bridgehead atoms. The van der Waals surface area contributed by atoms with Crippen molar-refractivity contribution < 1.29 is 4.74 Å². The number of anilines is 1. The smallest absolute Gasteiger partial charge is 0.121 e. The van der Waals surface area contributed by atoms with Gasteiger partial charge in [-0.1, -0.05) is 6.08 Å². The van der Waals surface area contributed by atoms with Crippen LogP contribution in [0.3, 0.4) is 0 Å². The van der Waals surface area contributed by atoms with Crippen LogP contribution in [0.1, 0.15) is 32.8 Å². The Hall–Kier alpha value is -1.48. The molecule has 1 aromatic carbocycles. The molecule has 1 rings (SSSR count). The van der Waals surface area contributed by atoms with Crippen LogP contribution in [0.2, 0.25) is 0 Å². The fraction of sp³-hybridized carbons (Fsp3) is 0.429. The lowest BCUT2D eigenvalue weighted by molar-refractivity contribution is 0.340. The molecule has 0 radical (unpaired) electrons. The van der Waals surface area contributed by atoms with Crippen molar-refractivity contribution in [1.29, 1.82) is 0 Å². The number of nitrogens with two attached hydrogens (primary N) is 2. The topological polar surface area (TPSA) is 61.3 Å². The molecule has 0 amide bonds. The second kappa shape index (κ2) is 6.30. The van der Waals surface area contributed by atoms with Crippen LogP contribution in [-0.4, -0.2) is 12.6 Å². The van der Waals surface area contributed by atoms with Crippen LogP contribution in [0.5, 0.6) is 5.75 Å². The first-order chi connectivity index (χ1) is 8.02. The highest BCUT2D eigenvalue weighted by molar-refractivity contribution is 5.68. The molecule has 1 aromatic rings. The molecule has 0 aliphatic rings. The van der Waals surface area contributed by atoms with Gasteiger partial charge in [-0.3, -0.25) is 0 Å². The van der Waals surface area contributed by atoms with E-state index < -0.39 is 0 Å². The van der Waals surface area contributed by atoms with Gasteiger partial charge >= 0.3 is 0 Å². The lowest BCUT2D eigenvalue weighted by atomic mass is 10.0. The van der Waals surface area contributed by atoms with E-state index in [0.717, 1.165) is 23.4 Å². The minimum absolute atomic E-state index is 0.178. The van der Waals surface area contributed by atoms with Gasteiger partial charge in [0.2, 0.25) is 0 Å². The molecule has 0 aliphatic heterocycles. The van der Waals surface area contributed by atoms with Crippen molar-refractivity contribution in [3.05, 3.63) is 29.8 Å². The number of rotatable bonds is 5. The van der Waals surface area contributed by atoms with Crippen LogP contribution in [0.25, 0.3) is 5.57 Å². The molecule has 0 saturated heterocycles. The highest BCUT2D eigenvalue weighted by Crippen LogP contribution is 2.24. The number of nitrogen functional groups attached to an aromatic ring is 1. The monoisotopic (exact) mass is 234 g/mol. The molecule has 0 saturated carbocycles. The molecular formula is C14H22N2O. The quantitative estimate of drug-likeness (QED) is 0.770. The number of allylic oxidation sites excluding steroid dienone is 1. The van der Waals surface area contributed by atoms with Crippen molar-refractivity contribution in [2.75, 3.05) is 12.3 Å². The van der Waals surface area contributed by atoms with Crippen molar-refractivity contribution in [1.82, 2.24) is 0 Å². The molecule has 0 fully saturated rings. The fourth-order valence-electron chi connectivity index (χ4n) is 1.58. The first-order valence-electron chi connectivity index (χ1n) is 5.99. The van der Waals surface area contributed by atoms with Crippen molar-refractivity contribution in [2.45, 2.75) is 33.2 Å². The first-order valence-corrected chi connectivity index (χ1v) is 5.99. The Balaban J connectivity index is 2.92. The van der Waals surface area contributed by atoms with Crippen molar-refractivity contribution in [3.8, 4) is 5.75 Å². The third-order valence-corrected chi connectivity index (χ3v) is 2.49. The fourth-order valence-corrected chi connectivity index (χ4v) is 1.58. The van der Waals surface area contributed by atoms with E-state index in [1.807, 2.05) is 32.0 Å². The van der Waals surface area contributed by atoms with Gasteiger partial charge in [-0.25, -0.2) is 0 Å². The van der Waals surface area contributed by atoms with Gasteiger partial charge in [0.25, 0.3) is 0 Å². The standard InChI is InChI=1S/C14H22N2O/c1-4-17-14-8-12(7-13(16)9-14)10(2)5-6-11(3)15/h5,7-9,11H,4,6,15-16H2,1-3H3. The molecule has 94 valence electrons. The zero-order valence-corrected chi connectivity index (χ0v) is 10.9. The Morgan fingerprint density at radius 3 is 2.71 bits per heavy atom. The minimum atomic E-state index is 0.178. The molecule has 0 spiro atoms. The maximum Gasteiger partial charge on any atom is 0.121 e. The molecule has 3 heteroatoms. The van der Waals surface area contributed by atoms with E-state index in [1.165, 1.54) is 5.57 Å². The molecule has 0 aliphatic carbocycles. The zero-order chi connectivity index (χ0) is 12.8. The molecular weight excluding hydrogens is 212 g/mol. The van der Waals surface area contributed by atoms with E-state index in [2.05, 4.69) is 13.0 Å². The first kappa shape index (κ1) is 13.6. The van der Waals surface area contributed by atoms with E-state index in [1.54, 1.807) is 0 Å². The van der Waals surface area contributed by atoms with E-state index in [0.29, 0.717) is 6.61 Å². The Morgan fingerprint density at radius 1 is 1.41 bits per heavy atom. The Labute approximate surface area is 103 Å².